The van der Waals surface area contributed by atoms with Crippen molar-refractivity contribution < 1.29 is 4.79 Å². The first-order valence-electron chi connectivity index (χ1n) is 8.75. The summed E-state index contributed by atoms with van der Waals surface area (Å²) in [6.07, 6.45) is 5.87. The molecule has 0 unspecified atom stereocenters. The standard InChI is InChI=1S/C19H21N5O/c1-2-16(25)21-13-7-4-8-14(11-13)22-19-17(12-5-3-6-12)24-18-15(23-19)9-10-20-18/h4,7-12H,2-3,5-6H2,1H3,(H,20,24)(H,21,25)(H,22,23). The van der Waals surface area contributed by atoms with Crippen LogP contribution in [0.2, 0.25) is 0 Å². The first-order valence-corrected chi connectivity index (χ1v) is 8.75. The minimum Gasteiger partial charge on any atom is -0.345 e. The topological polar surface area (TPSA) is 82.7 Å². The third-order valence-electron chi connectivity index (χ3n) is 4.63. The van der Waals surface area contributed by atoms with Gasteiger partial charge in [-0.1, -0.05) is 19.4 Å². The number of nitrogens with zero attached hydrogens (tertiary/aromatic N) is 2. The van der Waals surface area contributed by atoms with Gasteiger partial charge >= 0.3 is 0 Å². The minimum absolute atomic E-state index is 0.000779. The third-order valence-corrected chi connectivity index (χ3v) is 4.63. The number of amides is 1. The average molecular weight is 335 g/mol. The molecule has 0 atom stereocenters. The Hall–Kier alpha value is -2.89. The number of hydrogen-bond donors (Lipinski definition) is 3. The smallest absolute Gasteiger partial charge is 0.224 e. The van der Waals surface area contributed by atoms with Crippen LogP contribution in [-0.2, 0) is 4.79 Å². The Morgan fingerprint density at radius 1 is 1.24 bits per heavy atom. The second kappa shape index (κ2) is 6.55. The van der Waals surface area contributed by atoms with Crippen molar-refractivity contribution in [1.82, 2.24) is 15.0 Å². The summed E-state index contributed by atoms with van der Waals surface area (Å²) in [4.78, 5) is 24.3. The van der Waals surface area contributed by atoms with E-state index in [1.807, 2.05) is 43.5 Å². The van der Waals surface area contributed by atoms with E-state index in [0.29, 0.717) is 12.3 Å². The minimum atomic E-state index is 0.000779. The monoisotopic (exact) mass is 335 g/mol. The number of anilines is 3. The summed E-state index contributed by atoms with van der Waals surface area (Å²) in [5, 5.41) is 6.28. The van der Waals surface area contributed by atoms with Gasteiger partial charge < -0.3 is 15.6 Å². The highest BCUT2D eigenvalue weighted by Gasteiger charge is 2.25. The van der Waals surface area contributed by atoms with Gasteiger partial charge in [0.15, 0.2) is 11.5 Å². The van der Waals surface area contributed by atoms with Gasteiger partial charge in [-0.25, -0.2) is 9.97 Å². The van der Waals surface area contributed by atoms with Crippen molar-refractivity contribution in [2.75, 3.05) is 10.6 Å². The molecule has 1 fully saturated rings. The second-order valence-electron chi connectivity index (χ2n) is 6.40. The number of rotatable bonds is 5. The van der Waals surface area contributed by atoms with Gasteiger partial charge in [-0.3, -0.25) is 4.79 Å². The molecule has 6 heteroatoms. The zero-order chi connectivity index (χ0) is 17.2. The van der Waals surface area contributed by atoms with Crippen LogP contribution in [0.1, 0.15) is 44.2 Å². The van der Waals surface area contributed by atoms with Crippen molar-refractivity contribution in [2.24, 2.45) is 0 Å². The van der Waals surface area contributed by atoms with Crippen LogP contribution in [0.25, 0.3) is 11.2 Å². The van der Waals surface area contributed by atoms with Gasteiger partial charge in [0, 0.05) is 29.9 Å². The zero-order valence-corrected chi connectivity index (χ0v) is 14.2. The Morgan fingerprint density at radius 2 is 2.08 bits per heavy atom. The molecule has 0 spiro atoms. The summed E-state index contributed by atoms with van der Waals surface area (Å²) in [6.45, 7) is 1.84. The lowest BCUT2D eigenvalue weighted by Crippen LogP contribution is -2.14. The summed E-state index contributed by atoms with van der Waals surface area (Å²) in [5.41, 5.74) is 4.36. The van der Waals surface area contributed by atoms with Crippen LogP contribution in [0, 0.1) is 0 Å². The Morgan fingerprint density at radius 3 is 2.84 bits per heavy atom. The van der Waals surface area contributed by atoms with Crippen LogP contribution in [-0.4, -0.2) is 20.9 Å². The number of carbonyl (C=O) groups excluding carboxylic acids is 1. The quantitative estimate of drug-likeness (QED) is 0.648. The van der Waals surface area contributed by atoms with Crippen LogP contribution in [0.3, 0.4) is 0 Å². The lowest BCUT2D eigenvalue weighted by molar-refractivity contribution is -0.115. The van der Waals surface area contributed by atoms with Gasteiger partial charge in [0.05, 0.1) is 5.69 Å². The van der Waals surface area contributed by atoms with E-state index in [1.54, 1.807) is 0 Å². The molecule has 1 aliphatic carbocycles. The van der Waals surface area contributed by atoms with E-state index < -0.39 is 0 Å². The molecule has 1 amide bonds. The molecule has 1 aromatic carbocycles. The highest BCUT2D eigenvalue weighted by Crippen LogP contribution is 2.39. The van der Waals surface area contributed by atoms with Crippen molar-refractivity contribution in [3.8, 4) is 0 Å². The number of aromatic amines is 1. The van der Waals surface area contributed by atoms with Gasteiger partial charge in [0.1, 0.15) is 5.52 Å². The maximum absolute atomic E-state index is 11.6. The molecule has 0 aliphatic heterocycles. The van der Waals surface area contributed by atoms with Gasteiger partial charge in [-0.15, -0.1) is 0 Å². The van der Waals surface area contributed by atoms with Gasteiger partial charge in [-0.2, -0.15) is 0 Å². The van der Waals surface area contributed by atoms with Crippen molar-refractivity contribution in [1.29, 1.82) is 0 Å². The molecule has 2 heterocycles. The fraction of sp³-hybridized carbons (Fsp3) is 0.316. The maximum Gasteiger partial charge on any atom is 0.224 e. The number of carbonyl (C=O) groups is 1. The van der Waals surface area contributed by atoms with Crippen LogP contribution in [0.4, 0.5) is 17.2 Å². The fourth-order valence-electron chi connectivity index (χ4n) is 3.00. The molecule has 3 aromatic rings. The molecular formula is C19H21N5O. The van der Waals surface area contributed by atoms with Crippen molar-refractivity contribution in [2.45, 2.75) is 38.5 Å². The Balaban J connectivity index is 1.65. The molecule has 3 N–H and O–H groups in total. The third kappa shape index (κ3) is 3.20. The van der Waals surface area contributed by atoms with E-state index in [9.17, 15) is 4.79 Å². The Kier molecular flexibility index (Phi) is 4.09. The molecule has 1 saturated carbocycles. The lowest BCUT2D eigenvalue weighted by Gasteiger charge is -2.26. The number of benzene rings is 1. The highest BCUT2D eigenvalue weighted by molar-refractivity contribution is 5.91. The van der Waals surface area contributed by atoms with Crippen LogP contribution in [0.15, 0.2) is 36.5 Å². The van der Waals surface area contributed by atoms with Crippen LogP contribution in [0.5, 0.6) is 0 Å². The van der Waals surface area contributed by atoms with E-state index >= 15 is 0 Å². The Bertz CT molecular complexity index is 913. The molecule has 1 aliphatic rings. The molecule has 6 nitrogen and oxygen atoms in total. The normalized spacial score (nSPS) is 14.3. The predicted octanol–water partition coefficient (Wildman–Crippen LogP) is 4.32. The number of aromatic nitrogens is 3. The van der Waals surface area contributed by atoms with Crippen molar-refractivity contribution in [3.05, 3.63) is 42.2 Å². The molecule has 4 rings (SSSR count). The summed E-state index contributed by atoms with van der Waals surface area (Å²) < 4.78 is 0. The van der Waals surface area contributed by atoms with Crippen molar-refractivity contribution in [3.63, 3.8) is 0 Å². The molecule has 2 aromatic heterocycles. The number of H-pyrrole nitrogens is 1. The molecule has 128 valence electrons. The highest BCUT2D eigenvalue weighted by atomic mass is 16.1. The number of nitrogens with one attached hydrogen (secondary N) is 3. The largest absolute Gasteiger partial charge is 0.345 e. The van der Waals surface area contributed by atoms with E-state index in [2.05, 4.69) is 15.6 Å². The Labute approximate surface area is 146 Å². The van der Waals surface area contributed by atoms with Gasteiger partial charge in [0.25, 0.3) is 0 Å². The second-order valence-corrected chi connectivity index (χ2v) is 6.40. The van der Waals surface area contributed by atoms with E-state index in [0.717, 1.165) is 46.9 Å². The molecule has 0 saturated heterocycles. The first kappa shape index (κ1) is 15.6. The van der Waals surface area contributed by atoms with Gasteiger partial charge in [-0.05, 0) is 37.1 Å². The predicted molar refractivity (Wildman–Crippen MR) is 99.1 cm³/mol. The zero-order valence-electron chi connectivity index (χ0n) is 14.2. The fourth-order valence-corrected chi connectivity index (χ4v) is 3.00. The summed E-state index contributed by atoms with van der Waals surface area (Å²) in [5.74, 6) is 1.27. The number of fused-ring (bicyclic) bond motifs is 1. The van der Waals surface area contributed by atoms with Crippen LogP contribution >= 0.6 is 0 Å². The van der Waals surface area contributed by atoms with E-state index in [1.165, 1.54) is 6.42 Å². The number of hydrogen-bond acceptors (Lipinski definition) is 4. The molecule has 25 heavy (non-hydrogen) atoms. The lowest BCUT2D eigenvalue weighted by atomic mass is 9.82. The molecule has 0 radical (unpaired) electrons. The summed E-state index contributed by atoms with van der Waals surface area (Å²) >= 11 is 0. The summed E-state index contributed by atoms with van der Waals surface area (Å²) in [6, 6.07) is 9.61. The average Bonchev–Trinajstić information content (AvgIpc) is 3.01. The maximum atomic E-state index is 11.6. The summed E-state index contributed by atoms with van der Waals surface area (Å²) in [7, 11) is 0. The van der Waals surface area contributed by atoms with Crippen molar-refractivity contribution >= 4 is 34.3 Å². The molecular weight excluding hydrogens is 314 g/mol. The SMILES string of the molecule is CCC(=O)Nc1cccc(Nc2nc3cc[nH]c3nc2C2CCC2)c1. The molecule has 0 bridgehead atoms. The first-order chi connectivity index (χ1) is 12.2. The van der Waals surface area contributed by atoms with E-state index in [-0.39, 0.29) is 5.91 Å². The van der Waals surface area contributed by atoms with Crippen LogP contribution < -0.4 is 10.6 Å². The van der Waals surface area contributed by atoms with Gasteiger partial charge in [0.2, 0.25) is 5.91 Å². The van der Waals surface area contributed by atoms with E-state index in [4.69, 9.17) is 9.97 Å².